The highest BCUT2D eigenvalue weighted by molar-refractivity contribution is 7.86. The quantitative estimate of drug-likeness (QED) is 0.485. The zero-order valence-electron chi connectivity index (χ0n) is 16.3. The van der Waals surface area contributed by atoms with Gasteiger partial charge in [0.15, 0.2) is 0 Å². The molecule has 2 fully saturated rings. The summed E-state index contributed by atoms with van der Waals surface area (Å²) in [5, 5.41) is 0. The van der Waals surface area contributed by atoms with Gasteiger partial charge in [-0.05, 0) is 56.6 Å². The van der Waals surface area contributed by atoms with Gasteiger partial charge in [0.25, 0.3) is 10.1 Å². The molecule has 146 valence electrons. The molecule has 2 aliphatic rings. The molecule has 1 heterocycles. The highest BCUT2D eigenvalue weighted by Crippen LogP contribution is 2.40. The standard InChI is InChI=1S/C21H34O3SSi/c1-3-14-26-15-12-19(13-16-26)18-6-8-20(9-7-18)24-25(22,23)21-10-4-17(2)5-11-21/h4-5,10-11,18-20,26H,3,6-9,12-16H2,1-2H3. The molecule has 0 unspecified atom stereocenters. The Labute approximate surface area is 161 Å². The molecule has 1 aromatic rings. The summed E-state index contributed by atoms with van der Waals surface area (Å²) >= 11 is 0. The lowest BCUT2D eigenvalue weighted by Crippen LogP contribution is -2.31. The maximum Gasteiger partial charge on any atom is 0.297 e. The summed E-state index contributed by atoms with van der Waals surface area (Å²) in [4.78, 5) is 0.282. The van der Waals surface area contributed by atoms with Gasteiger partial charge in [-0.3, -0.25) is 4.18 Å². The molecule has 0 spiro atoms. The van der Waals surface area contributed by atoms with E-state index in [0.29, 0.717) is 0 Å². The van der Waals surface area contributed by atoms with E-state index in [1.807, 2.05) is 19.1 Å². The van der Waals surface area contributed by atoms with E-state index >= 15 is 0 Å². The highest BCUT2D eigenvalue weighted by atomic mass is 32.2. The van der Waals surface area contributed by atoms with Gasteiger partial charge in [0.2, 0.25) is 0 Å². The van der Waals surface area contributed by atoms with Crippen LogP contribution in [0.5, 0.6) is 0 Å². The fourth-order valence-corrected chi connectivity index (χ4v) is 9.57. The Kier molecular flexibility index (Phi) is 6.97. The van der Waals surface area contributed by atoms with E-state index in [0.717, 1.165) is 43.1 Å². The van der Waals surface area contributed by atoms with E-state index < -0.39 is 18.9 Å². The second-order valence-corrected chi connectivity index (χ2v) is 13.5. The van der Waals surface area contributed by atoms with Gasteiger partial charge < -0.3 is 0 Å². The van der Waals surface area contributed by atoms with Gasteiger partial charge in [0.1, 0.15) is 0 Å². The summed E-state index contributed by atoms with van der Waals surface area (Å²) in [6, 6.07) is 11.6. The lowest BCUT2D eigenvalue weighted by molar-refractivity contribution is 0.112. The number of rotatable bonds is 6. The molecule has 1 aliphatic carbocycles. The van der Waals surface area contributed by atoms with Gasteiger partial charge in [0, 0.05) is 8.80 Å². The Balaban J connectivity index is 1.47. The van der Waals surface area contributed by atoms with Gasteiger partial charge in [0.05, 0.1) is 11.0 Å². The van der Waals surface area contributed by atoms with Crippen LogP contribution in [-0.2, 0) is 14.3 Å². The Bertz CT molecular complexity index is 655. The van der Waals surface area contributed by atoms with Crippen molar-refractivity contribution in [3.05, 3.63) is 29.8 Å². The van der Waals surface area contributed by atoms with E-state index in [2.05, 4.69) is 6.92 Å². The molecule has 0 aromatic heterocycles. The third-order valence-electron chi connectivity index (χ3n) is 6.55. The third kappa shape index (κ3) is 5.20. The minimum Gasteiger partial charge on any atom is -0.263 e. The van der Waals surface area contributed by atoms with Crippen LogP contribution in [0.1, 0.15) is 57.4 Å². The van der Waals surface area contributed by atoms with Crippen molar-refractivity contribution >= 4 is 18.9 Å². The molecular formula is C21H34O3SSi. The molecule has 0 bridgehead atoms. The average molecular weight is 395 g/mol. The van der Waals surface area contributed by atoms with E-state index in [-0.39, 0.29) is 11.0 Å². The summed E-state index contributed by atoms with van der Waals surface area (Å²) in [6.45, 7) is 4.28. The van der Waals surface area contributed by atoms with Crippen LogP contribution in [0.4, 0.5) is 0 Å². The van der Waals surface area contributed by atoms with Crippen LogP contribution in [0.25, 0.3) is 0 Å². The van der Waals surface area contributed by atoms with Gasteiger partial charge >= 0.3 is 0 Å². The summed E-state index contributed by atoms with van der Waals surface area (Å²) in [5.74, 6) is 1.69. The topological polar surface area (TPSA) is 43.4 Å². The molecule has 1 aromatic carbocycles. The van der Waals surface area contributed by atoms with Crippen molar-refractivity contribution in [1.82, 2.24) is 0 Å². The number of benzene rings is 1. The molecule has 3 nitrogen and oxygen atoms in total. The molecule has 26 heavy (non-hydrogen) atoms. The van der Waals surface area contributed by atoms with Crippen LogP contribution in [0.15, 0.2) is 29.2 Å². The maximum absolute atomic E-state index is 12.5. The molecule has 1 saturated carbocycles. The predicted octanol–water partition coefficient (Wildman–Crippen LogP) is 5.31. The average Bonchev–Trinajstić information content (AvgIpc) is 2.63. The summed E-state index contributed by atoms with van der Waals surface area (Å²) in [6.07, 6.45) is 8.17. The van der Waals surface area contributed by atoms with Gasteiger partial charge in [-0.1, -0.05) is 62.0 Å². The fraction of sp³-hybridized carbons (Fsp3) is 0.714. The molecular weight excluding hydrogens is 360 g/mol. The minimum absolute atomic E-state index is 0.136. The van der Waals surface area contributed by atoms with Crippen molar-refractivity contribution in [3.63, 3.8) is 0 Å². The molecule has 0 N–H and O–H groups in total. The zero-order valence-corrected chi connectivity index (χ0v) is 18.3. The van der Waals surface area contributed by atoms with E-state index in [9.17, 15) is 8.42 Å². The normalized spacial score (nSPS) is 30.2. The minimum atomic E-state index is -3.63. The highest BCUT2D eigenvalue weighted by Gasteiger charge is 2.33. The molecule has 0 amide bonds. The first-order valence-corrected chi connectivity index (χ1v) is 14.3. The first kappa shape index (κ1) is 20.1. The molecule has 5 heteroatoms. The van der Waals surface area contributed by atoms with Crippen molar-refractivity contribution < 1.29 is 12.6 Å². The second-order valence-electron chi connectivity index (χ2n) is 8.47. The van der Waals surface area contributed by atoms with Crippen LogP contribution >= 0.6 is 0 Å². The van der Waals surface area contributed by atoms with E-state index in [1.165, 1.54) is 37.4 Å². The number of hydrogen-bond acceptors (Lipinski definition) is 3. The Morgan fingerprint density at radius 2 is 1.54 bits per heavy atom. The van der Waals surface area contributed by atoms with Crippen LogP contribution < -0.4 is 0 Å². The van der Waals surface area contributed by atoms with Crippen LogP contribution in [0.2, 0.25) is 18.1 Å². The van der Waals surface area contributed by atoms with Crippen LogP contribution in [-0.4, -0.2) is 23.3 Å². The Hall–Kier alpha value is -0.653. The smallest absolute Gasteiger partial charge is 0.263 e. The molecule has 1 saturated heterocycles. The molecule has 0 radical (unpaired) electrons. The Morgan fingerprint density at radius 1 is 0.962 bits per heavy atom. The van der Waals surface area contributed by atoms with Crippen molar-refractivity contribution in [2.24, 2.45) is 11.8 Å². The first-order chi connectivity index (χ1) is 12.5. The molecule has 0 atom stereocenters. The number of aryl methyl sites for hydroxylation is 1. The third-order valence-corrected chi connectivity index (χ3v) is 11.6. The van der Waals surface area contributed by atoms with Crippen LogP contribution in [0.3, 0.4) is 0 Å². The monoisotopic (exact) mass is 394 g/mol. The summed E-state index contributed by atoms with van der Waals surface area (Å²) in [7, 11) is -4.03. The van der Waals surface area contributed by atoms with Crippen LogP contribution in [0, 0.1) is 18.8 Å². The summed E-state index contributed by atoms with van der Waals surface area (Å²) < 4.78 is 30.5. The van der Waals surface area contributed by atoms with Crippen molar-refractivity contribution in [2.45, 2.75) is 87.9 Å². The SMILES string of the molecule is CCC[SiH]1CCC(C2CCC(OS(=O)(=O)c3ccc(C)cc3)CC2)CC1. The molecule has 3 rings (SSSR count). The van der Waals surface area contributed by atoms with Gasteiger partial charge in [-0.15, -0.1) is 0 Å². The van der Waals surface area contributed by atoms with Gasteiger partial charge in [-0.25, -0.2) is 0 Å². The molecule has 1 aliphatic heterocycles. The van der Waals surface area contributed by atoms with Gasteiger partial charge in [-0.2, -0.15) is 8.42 Å². The summed E-state index contributed by atoms with van der Waals surface area (Å²) in [5.41, 5.74) is 1.06. The van der Waals surface area contributed by atoms with Crippen molar-refractivity contribution in [2.75, 3.05) is 0 Å². The van der Waals surface area contributed by atoms with E-state index in [4.69, 9.17) is 4.18 Å². The van der Waals surface area contributed by atoms with Crippen molar-refractivity contribution in [3.8, 4) is 0 Å². The van der Waals surface area contributed by atoms with E-state index in [1.54, 1.807) is 12.1 Å². The second kappa shape index (κ2) is 9.02. The van der Waals surface area contributed by atoms with Crippen molar-refractivity contribution in [1.29, 1.82) is 0 Å². The zero-order chi connectivity index (χ0) is 18.6. The first-order valence-electron chi connectivity index (χ1n) is 10.5. The maximum atomic E-state index is 12.5. The predicted molar refractivity (Wildman–Crippen MR) is 110 cm³/mol. The lowest BCUT2D eigenvalue weighted by Gasteiger charge is -2.37. The fourth-order valence-electron chi connectivity index (χ4n) is 4.95. The lowest BCUT2D eigenvalue weighted by atomic mass is 9.76. The number of hydrogen-bond donors (Lipinski definition) is 0. The Morgan fingerprint density at radius 3 is 2.12 bits per heavy atom. The largest absolute Gasteiger partial charge is 0.297 e.